The minimum absolute atomic E-state index is 0.217. The Labute approximate surface area is 95.2 Å². The van der Waals surface area contributed by atoms with Crippen LogP contribution in [-0.4, -0.2) is 27.7 Å². The molecule has 2 atom stereocenters. The van der Waals surface area contributed by atoms with Crippen molar-refractivity contribution in [3.63, 3.8) is 0 Å². The molecule has 5 nitrogen and oxygen atoms in total. The third-order valence-electron chi connectivity index (χ3n) is 2.58. The second-order valence-electron chi connectivity index (χ2n) is 3.70. The lowest BCUT2D eigenvalue weighted by molar-refractivity contribution is 0.126. The van der Waals surface area contributed by atoms with Crippen molar-refractivity contribution in [1.82, 2.24) is 9.97 Å². The molecule has 0 saturated heterocycles. The van der Waals surface area contributed by atoms with E-state index in [9.17, 15) is 5.11 Å². The van der Waals surface area contributed by atoms with E-state index in [0.29, 0.717) is 12.4 Å². The molecule has 0 bridgehead atoms. The minimum atomic E-state index is -0.446. The van der Waals surface area contributed by atoms with Gasteiger partial charge in [-0.05, 0) is 5.92 Å². The predicted octanol–water partition coefficient (Wildman–Crippen LogP) is 1.17. The summed E-state index contributed by atoms with van der Waals surface area (Å²) in [6.07, 6.45) is 3.45. The van der Waals surface area contributed by atoms with E-state index in [-0.39, 0.29) is 11.6 Å². The van der Waals surface area contributed by atoms with Crippen LogP contribution in [0, 0.1) is 17.2 Å². The number of anilines is 1. The fourth-order valence-corrected chi connectivity index (χ4v) is 1.22. The highest BCUT2D eigenvalue weighted by atomic mass is 16.3. The molecule has 0 fully saturated rings. The highest BCUT2D eigenvalue weighted by Crippen LogP contribution is 2.10. The Bertz CT molecular complexity index is 374. The number of nitrogens with one attached hydrogen (secondary N) is 1. The summed E-state index contributed by atoms with van der Waals surface area (Å²) in [5, 5.41) is 21.5. The van der Waals surface area contributed by atoms with Gasteiger partial charge in [-0.2, -0.15) is 5.26 Å². The molecular formula is C11H16N4O. The molecule has 1 aromatic rings. The predicted molar refractivity (Wildman–Crippen MR) is 60.7 cm³/mol. The Hall–Kier alpha value is -1.67. The molecule has 0 aromatic carbocycles. The number of hydrogen-bond donors (Lipinski definition) is 2. The van der Waals surface area contributed by atoms with Gasteiger partial charge in [-0.15, -0.1) is 0 Å². The van der Waals surface area contributed by atoms with Gasteiger partial charge in [0, 0.05) is 18.9 Å². The number of aliphatic hydroxyl groups excluding tert-OH is 1. The highest BCUT2D eigenvalue weighted by molar-refractivity contribution is 5.46. The molecular weight excluding hydrogens is 204 g/mol. The van der Waals surface area contributed by atoms with Gasteiger partial charge in [0.2, 0.25) is 0 Å². The fourth-order valence-electron chi connectivity index (χ4n) is 1.22. The van der Waals surface area contributed by atoms with Crippen LogP contribution in [-0.2, 0) is 0 Å². The summed E-state index contributed by atoms with van der Waals surface area (Å²) in [6.45, 7) is 4.38. The second-order valence-corrected chi connectivity index (χ2v) is 3.70. The molecule has 5 heteroatoms. The number of hydrogen-bond acceptors (Lipinski definition) is 5. The van der Waals surface area contributed by atoms with Crippen molar-refractivity contribution in [1.29, 1.82) is 5.26 Å². The van der Waals surface area contributed by atoms with Crippen LogP contribution in [0.4, 0.5) is 5.82 Å². The maximum Gasteiger partial charge on any atom is 0.182 e. The molecule has 2 N–H and O–H groups in total. The first-order valence-electron chi connectivity index (χ1n) is 5.32. The van der Waals surface area contributed by atoms with E-state index >= 15 is 0 Å². The molecule has 1 aromatic heterocycles. The number of aliphatic hydroxyl groups is 1. The maximum absolute atomic E-state index is 9.75. The van der Waals surface area contributed by atoms with Gasteiger partial charge in [0.1, 0.15) is 6.07 Å². The Balaban J connectivity index is 2.58. The first-order chi connectivity index (χ1) is 7.69. The summed E-state index contributed by atoms with van der Waals surface area (Å²) in [4.78, 5) is 7.87. The van der Waals surface area contributed by atoms with Crippen molar-refractivity contribution in [3.8, 4) is 6.07 Å². The quantitative estimate of drug-likeness (QED) is 0.778. The monoisotopic (exact) mass is 220 g/mol. The van der Waals surface area contributed by atoms with E-state index in [1.54, 1.807) is 0 Å². The summed E-state index contributed by atoms with van der Waals surface area (Å²) in [6, 6.07) is 1.94. The zero-order valence-electron chi connectivity index (χ0n) is 9.51. The van der Waals surface area contributed by atoms with Gasteiger partial charge in [-0.3, -0.25) is 0 Å². The zero-order valence-corrected chi connectivity index (χ0v) is 9.51. The Morgan fingerprint density at radius 3 is 2.81 bits per heavy atom. The summed E-state index contributed by atoms with van der Waals surface area (Å²) in [5.74, 6) is 0.641. The largest absolute Gasteiger partial charge is 0.391 e. The zero-order chi connectivity index (χ0) is 12.0. The Morgan fingerprint density at radius 2 is 2.19 bits per heavy atom. The minimum Gasteiger partial charge on any atom is -0.391 e. The Morgan fingerprint density at radius 1 is 1.50 bits per heavy atom. The van der Waals surface area contributed by atoms with Crippen molar-refractivity contribution in [2.75, 3.05) is 11.9 Å². The number of aromatic nitrogens is 2. The first kappa shape index (κ1) is 12.4. The summed E-state index contributed by atoms with van der Waals surface area (Å²) >= 11 is 0. The van der Waals surface area contributed by atoms with Crippen molar-refractivity contribution >= 4 is 5.82 Å². The van der Waals surface area contributed by atoms with Crippen molar-refractivity contribution in [2.24, 2.45) is 5.92 Å². The maximum atomic E-state index is 9.75. The van der Waals surface area contributed by atoms with Crippen molar-refractivity contribution < 1.29 is 5.11 Å². The molecule has 0 unspecified atom stereocenters. The van der Waals surface area contributed by atoms with Crippen LogP contribution in [0.5, 0.6) is 0 Å². The normalized spacial score (nSPS) is 13.9. The molecule has 0 saturated carbocycles. The molecule has 1 heterocycles. The van der Waals surface area contributed by atoms with Crippen LogP contribution in [0.3, 0.4) is 0 Å². The number of rotatable bonds is 5. The molecule has 0 aliphatic rings. The van der Waals surface area contributed by atoms with Crippen LogP contribution in [0.15, 0.2) is 12.4 Å². The van der Waals surface area contributed by atoms with Gasteiger partial charge in [0.05, 0.1) is 6.10 Å². The van der Waals surface area contributed by atoms with Gasteiger partial charge < -0.3 is 10.4 Å². The molecule has 1 rings (SSSR count). The summed E-state index contributed by atoms with van der Waals surface area (Å²) in [5.41, 5.74) is 0.249. The standard InChI is InChI=1S/C11H16N4O/c1-3-8(2)10(16)7-15-11-9(6-12)13-4-5-14-11/h4-5,8,10,16H,3,7H2,1-2H3,(H,14,15)/t8-,10-/m0/s1. The van der Waals surface area contributed by atoms with E-state index in [4.69, 9.17) is 5.26 Å². The topological polar surface area (TPSA) is 81.8 Å². The van der Waals surface area contributed by atoms with E-state index in [0.717, 1.165) is 6.42 Å². The fraction of sp³-hybridized carbons (Fsp3) is 0.545. The van der Waals surface area contributed by atoms with E-state index in [2.05, 4.69) is 15.3 Å². The molecule has 0 aliphatic heterocycles. The third kappa shape index (κ3) is 3.17. The highest BCUT2D eigenvalue weighted by Gasteiger charge is 2.13. The molecule has 86 valence electrons. The van der Waals surface area contributed by atoms with Gasteiger partial charge in [0.25, 0.3) is 0 Å². The first-order valence-corrected chi connectivity index (χ1v) is 5.32. The average molecular weight is 220 g/mol. The van der Waals surface area contributed by atoms with Crippen LogP contribution in [0.1, 0.15) is 26.0 Å². The second kappa shape index (κ2) is 6.03. The Kier molecular flexibility index (Phi) is 4.67. The summed E-state index contributed by atoms with van der Waals surface area (Å²) < 4.78 is 0. The average Bonchev–Trinajstić information content (AvgIpc) is 2.35. The van der Waals surface area contributed by atoms with Crippen LogP contribution < -0.4 is 5.32 Å². The van der Waals surface area contributed by atoms with E-state index < -0.39 is 6.10 Å². The van der Waals surface area contributed by atoms with Gasteiger partial charge in [-0.25, -0.2) is 9.97 Å². The van der Waals surface area contributed by atoms with E-state index in [1.165, 1.54) is 12.4 Å². The smallest absolute Gasteiger partial charge is 0.182 e. The lowest BCUT2D eigenvalue weighted by Gasteiger charge is -2.17. The molecule has 0 amide bonds. The number of nitriles is 1. The molecule has 16 heavy (non-hydrogen) atoms. The van der Waals surface area contributed by atoms with Crippen LogP contribution in [0.2, 0.25) is 0 Å². The van der Waals surface area contributed by atoms with Gasteiger partial charge in [0.15, 0.2) is 11.5 Å². The SMILES string of the molecule is CC[C@H](C)[C@@H](O)CNc1nccnc1C#N. The lowest BCUT2D eigenvalue weighted by atomic mass is 10.0. The van der Waals surface area contributed by atoms with Crippen LogP contribution >= 0.6 is 0 Å². The van der Waals surface area contributed by atoms with Gasteiger partial charge >= 0.3 is 0 Å². The molecule has 0 aliphatic carbocycles. The summed E-state index contributed by atoms with van der Waals surface area (Å²) in [7, 11) is 0. The third-order valence-corrected chi connectivity index (χ3v) is 2.58. The van der Waals surface area contributed by atoms with Crippen LogP contribution in [0.25, 0.3) is 0 Å². The van der Waals surface area contributed by atoms with Crippen molar-refractivity contribution in [2.45, 2.75) is 26.4 Å². The van der Waals surface area contributed by atoms with Crippen molar-refractivity contribution in [3.05, 3.63) is 18.1 Å². The number of nitrogens with zero attached hydrogens (tertiary/aromatic N) is 3. The molecule has 0 radical (unpaired) electrons. The lowest BCUT2D eigenvalue weighted by Crippen LogP contribution is -2.26. The van der Waals surface area contributed by atoms with E-state index in [1.807, 2.05) is 19.9 Å². The molecule has 0 spiro atoms. The van der Waals surface area contributed by atoms with Gasteiger partial charge in [-0.1, -0.05) is 20.3 Å².